The van der Waals surface area contributed by atoms with E-state index < -0.39 is 5.82 Å². The van der Waals surface area contributed by atoms with Crippen molar-refractivity contribution in [3.05, 3.63) is 29.6 Å². The minimum Gasteiger partial charge on any atom is -0.398 e. The van der Waals surface area contributed by atoms with Crippen molar-refractivity contribution in [1.82, 2.24) is 10.2 Å². The minimum atomic E-state index is -0.431. The number of nitrogens with one attached hydrogen (secondary N) is 1. The van der Waals surface area contributed by atoms with Gasteiger partial charge in [-0.25, -0.2) is 4.39 Å². The Morgan fingerprint density at radius 2 is 2.16 bits per heavy atom. The molecule has 0 saturated carbocycles. The average molecular weight is 265 g/mol. The Hall–Kier alpha value is -1.62. The number of carbonyl (C=O) groups excluding carboxylic acids is 1. The standard InChI is InChI=1S/C14H20FN3O/c1-10(9-18-6-2-3-7-18)17-14(19)12-5-4-11(15)8-13(12)16/h4-5,8,10H,2-3,6-7,9,16H2,1H3,(H,17,19). The van der Waals surface area contributed by atoms with Crippen LogP contribution in [0.25, 0.3) is 0 Å². The Morgan fingerprint density at radius 1 is 1.47 bits per heavy atom. The summed E-state index contributed by atoms with van der Waals surface area (Å²) < 4.78 is 12.9. The lowest BCUT2D eigenvalue weighted by atomic mass is 10.1. The van der Waals surface area contributed by atoms with Gasteiger partial charge >= 0.3 is 0 Å². The van der Waals surface area contributed by atoms with Gasteiger partial charge in [0, 0.05) is 18.3 Å². The predicted molar refractivity (Wildman–Crippen MR) is 73.4 cm³/mol. The van der Waals surface area contributed by atoms with Gasteiger partial charge in [-0.05, 0) is 51.1 Å². The second kappa shape index (κ2) is 6.02. The van der Waals surface area contributed by atoms with Crippen LogP contribution in [0.15, 0.2) is 18.2 Å². The molecule has 0 aromatic heterocycles. The third-order valence-corrected chi connectivity index (χ3v) is 3.37. The van der Waals surface area contributed by atoms with Crippen molar-refractivity contribution in [2.45, 2.75) is 25.8 Å². The van der Waals surface area contributed by atoms with E-state index in [1.807, 2.05) is 6.92 Å². The number of nitrogen functional groups attached to an aromatic ring is 1. The number of halogens is 1. The van der Waals surface area contributed by atoms with Gasteiger partial charge < -0.3 is 16.0 Å². The molecule has 0 bridgehead atoms. The molecule has 5 heteroatoms. The first kappa shape index (κ1) is 13.8. The largest absolute Gasteiger partial charge is 0.398 e. The number of hydrogen-bond donors (Lipinski definition) is 2. The summed E-state index contributed by atoms with van der Waals surface area (Å²) >= 11 is 0. The van der Waals surface area contributed by atoms with Crippen LogP contribution < -0.4 is 11.1 Å². The van der Waals surface area contributed by atoms with Crippen LogP contribution in [0, 0.1) is 5.82 Å². The molecule has 1 aromatic rings. The first-order valence-electron chi connectivity index (χ1n) is 6.64. The Bertz CT molecular complexity index is 458. The number of benzene rings is 1. The number of hydrogen-bond acceptors (Lipinski definition) is 3. The van der Waals surface area contributed by atoms with E-state index in [0.29, 0.717) is 5.56 Å². The molecule has 1 amide bonds. The van der Waals surface area contributed by atoms with E-state index in [1.165, 1.54) is 31.0 Å². The zero-order chi connectivity index (χ0) is 13.8. The van der Waals surface area contributed by atoms with E-state index in [4.69, 9.17) is 5.73 Å². The lowest BCUT2D eigenvalue weighted by Gasteiger charge is -2.21. The summed E-state index contributed by atoms with van der Waals surface area (Å²) in [6.07, 6.45) is 2.46. The number of amides is 1. The van der Waals surface area contributed by atoms with Crippen molar-refractivity contribution in [1.29, 1.82) is 0 Å². The lowest BCUT2D eigenvalue weighted by molar-refractivity contribution is 0.0933. The SMILES string of the molecule is CC(CN1CCCC1)NC(=O)c1ccc(F)cc1N. The molecule has 2 rings (SSSR count). The molecule has 1 heterocycles. The first-order chi connectivity index (χ1) is 9.06. The summed E-state index contributed by atoms with van der Waals surface area (Å²) in [5, 5.41) is 2.90. The normalized spacial score (nSPS) is 17.4. The molecule has 104 valence electrons. The predicted octanol–water partition coefficient (Wildman–Crippen LogP) is 1.62. The fourth-order valence-corrected chi connectivity index (χ4v) is 2.44. The lowest BCUT2D eigenvalue weighted by Crippen LogP contribution is -2.41. The molecule has 0 aliphatic carbocycles. The van der Waals surface area contributed by atoms with Crippen molar-refractivity contribution in [3.63, 3.8) is 0 Å². The van der Waals surface area contributed by atoms with E-state index in [9.17, 15) is 9.18 Å². The maximum absolute atomic E-state index is 12.9. The van der Waals surface area contributed by atoms with Gasteiger partial charge in [0.2, 0.25) is 0 Å². The molecular formula is C14H20FN3O. The highest BCUT2D eigenvalue weighted by Crippen LogP contribution is 2.14. The highest BCUT2D eigenvalue weighted by Gasteiger charge is 2.17. The number of nitrogens with zero attached hydrogens (tertiary/aromatic N) is 1. The van der Waals surface area contributed by atoms with Gasteiger partial charge in [0.25, 0.3) is 5.91 Å². The van der Waals surface area contributed by atoms with Gasteiger partial charge in [0.05, 0.1) is 5.56 Å². The van der Waals surface area contributed by atoms with Crippen LogP contribution in [-0.2, 0) is 0 Å². The number of nitrogens with two attached hydrogens (primary N) is 1. The summed E-state index contributed by atoms with van der Waals surface area (Å²) in [6, 6.07) is 3.88. The van der Waals surface area contributed by atoms with E-state index in [0.717, 1.165) is 19.6 Å². The van der Waals surface area contributed by atoms with E-state index >= 15 is 0 Å². The molecule has 1 atom stereocenters. The molecule has 1 aliphatic heterocycles. The molecular weight excluding hydrogens is 245 g/mol. The Morgan fingerprint density at radius 3 is 2.79 bits per heavy atom. The molecule has 1 saturated heterocycles. The monoisotopic (exact) mass is 265 g/mol. The van der Waals surface area contributed by atoms with Crippen molar-refractivity contribution < 1.29 is 9.18 Å². The topological polar surface area (TPSA) is 58.4 Å². The van der Waals surface area contributed by atoms with E-state index in [1.54, 1.807) is 0 Å². The Balaban J connectivity index is 1.92. The quantitative estimate of drug-likeness (QED) is 0.813. The van der Waals surface area contributed by atoms with Gasteiger partial charge in [-0.15, -0.1) is 0 Å². The molecule has 3 N–H and O–H groups in total. The van der Waals surface area contributed by atoms with Crippen LogP contribution >= 0.6 is 0 Å². The minimum absolute atomic E-state index is 0.0510. The van der Waals surface area contributed by atoms with Crippen LogP contribution in [0.1, 0.15) is 30.1 Å². The number of carbonyl (C=O) groups is 1. The van der Waals surface area contributed by atoms with Gasteiger partial charge in [-0.3, -0.25) is 4.79 Å². The molecule has 1 aliphatic rings. The molecule has 4 nitrogen and oxygen atoms in total. The van der Waals surface area contributed by atoms with Crippen molar-refractivity contribution in [3.8, 4) is 0 Å². The van der Waals surface area contributed by atoms with Crippen molar-refractivity contribution >= 4 is 11.6 Å². The highest BCUT2D eigenvalue weighted by molar-refractivity contribution is 5.99. The fraction of sp³-hybridized carbons (Fsp3) is 0.500. The van der Waals surface area contributed by atoms with E-state index in [-0.39, 0.29) is 17.6 Å². The number of anilines is 1. The Kier molecular flexibility index (Phi) is 4.37. The van der Waals surface area contributed by atoms with Crippen LogP contribution in [-0.4, -0.2) is 36.5 Å². The average Bonchev–Trinajstić information content (AvgIpc) is 2.81. The summed E-state index contributed by atoms with van der Waals surface area (Å²) in [6.45, 7) is 5.00. The fourth-order valence-electron chi connectivity index (χ4n) is 2.44. The summed E-state index contributed by atoms with van der Waals surface area (Å²) in [5.41, 5.74) is 6.15. The molecule has 0 spiro atoms. The Labute approximate surface area is 112 Å². The third kappa shape index (κ3) is 3.67. The second-order valence-corrected chi connectivity index (χ2v) is 5.11. The zero-order valence-corrected chi connectivity index (χ0v) is 11.2. The maximum atomic E-state index is 12.9. The van der Waals surface area contributed by atoms with Crippen LogP contribution in [0.5, 0.6) is 0 Å². The molecule has 1 unspecified atom stereocenters. The van der Waals surface area contributed by atoms with Gasteiger partial charge in [0.1, 0.15) is 5.82 Å². The summed E-state index contributed by atoms with van der Waals surface area (Å²) in [7, 11) is 0. The molecule has 1 aromatic carbocycles. The summed E-state index contributed by atoms with van der Waals surface area (Å²) in [4.78, 5) is 14.4. The van der Waals surface area contributed by atoms with Crippen molar-refractivity contribution in [2.24, 2.45) is 0 Å². The third-order valence-electron chi connectivity index (χ3n) is 3.37. The second-order valence-electron chi connectivity index (χ2n) is 5.11. The van der Waals surface area contributed by atoms with Crippen LogP contribution in [0.3, 0.4) is 0 Å². The number of rotatable bonds is 4. The zero-order valence-electron chi connectivity index (χ0n) is 11.2. The van der Waals surface area contributed by atoms with Crippen LogP contribution in [0.4, 0.5) is 10.1 Å². The maximum Gasteiger partial charge on any atom is 0.253 e. The number of likely N-dealkylation sites (tertiary alicyclic amines) is 1. The summed E-state index contributed by atoms with van der Waals surface area (Å²) in [5.74, 6) is -0.677. The molecule has 1 fully saturated rings. The first-order valence-corrected chi connectivity index (χ1v) is 6.64. The molecule has 0 radical (unpaired) electrons. The van der Waals surface area contributed by atoms with Gasteiger partial charge in [0.15, 0.2) is 0 Å². The van der Waals surface area contributed by atoms with Gasteiger partial charge in [-0.1, -0.05) is 0 Å². The highest BCUT2D eigenvalue weighted by atomic mass is 19.1. The smallest absolute Gasteiger partial charge is 0.253 e. The van der Waals surface area contributed by atoms with Crippen molar-refractivity contribution in [2.75, 3.05) is 25.4 Å². The van der Waals surface area contributed by atoms with Gasteiger partial charge in [-0.2, -0.15) is 0 Å². The van der Waals surface area contributed by atoms with E-state index in [2.05, 4.69) is 10.2 Å². The molecule has 19 heavy (non-hydrogen) atoms. The van der Waals surface area contributed by atoms with Crippen LogP contribution in [0.2, 0.25) is 0 Å².